The highest BCUT2D eigenvalue weighted by Crippen LogP contribution is 2.34. The Hall–Kier alpha value is -1.31. The highest BCUT2D eigenvalue weighted by atomic mass is 15.0. The number of hydrogen-bond acceptors (Lipinski definition) is 2. The van der Waals surface area contributed by atoms with E-state index in [4.69, 9.17) is 4.99 Å². The zero-order valence-electron chi connectivity index (χ0n) is 13.1. The Morgan fingerprint density at radius 2 is 1.67 bits per heavy atom. The lowest BCUT2D eigenvalue weighted by atomic mass is 9.94. The van der Waals surface area contributed by atoms with E-state index in [0.717, 1.165) is 13.0 Å². The Morgan fingerprint density at radius 1 is 0.857 bits per heavy atom. The monoisotopic (exact) mass is 284 g/mol. The summed E-state index contributed by atoms with van der Waals surface area (Å²) in [6.07, 6.45) is 11.8. The Kier molecular flexibility index (Phi) is 5.31. The van der Waals surface area contributed by atoms with Crippen LogP contribution in [0, 0.1) is 0 Å². The van der Waals surface area contributed by atoms with E-state index in [1.54, 1.807) is 0 Å². The van der Waals surface area contributed by atoms with Crippen molar-refractivity contribution in [3.05, 3.63) is 35.9 Å². The van der Waals surface area contributed by atoms with Crippen LogP contribution in [0.5, 0.6) is 0 Å². The average Bonchev–Trinajstić information content (AvgIpc) is 3.02. The maximum Gasteiger partial charge on any atom is 0.0965 e. The molecule has 2 atom stereocenters. The zero-order chi connectivity index (χ0) is 14.3. The first-order valence-corrected chi connectivity index (χ1v) is 8.78. The van der Waals surface area contributed by atoms with Crippen LogP contribution in [0.1, 0.15) is 69.3 Å². The van der Waals surface area contributed by atoms with Gasteiger partial charge in [0.15, 0.2) is 0 Å². The van der Waals surface area contributed by atoms with Gasteiger partial charge in [-0.05, 0) is 31.2 Å². The van der Waals surface area contributed by atoms with Gasteiger partial charge in [0.25, 0.3) is 0 Å². The summed E-state index contributed by atoms with van der Waals surface area (Å²) in [6.45, 7) is 1.02. The summed E-state index contributed by atoms with van der Waals surface area (Å²) >= 11 is 0. The van der Waals surface area contributed by atoms with Crippen LogP contribution in [0.2, 0.25) is 0 Å². The van der Waals surface area contributed by atoms with Crippen molar-refractivity contribution in [2.75, 3.05) is 6.54 Å². The molecule has 0 spiro atoms. The zero-order valence-corrected chi connectivity index (χ0v) is 13.1. The van der Waals surface area contributed by atoms with E-state index < -0.39 is 0 Å². The minimum absolute atomic E-state index is 0.590. The van der Waals surface area contributed by atoms with Gasteiger partial charge in [0.1, 0.15) is 0 Å². The topological polar surface area (TPSA) is 24.4 Å². The minimum atomic E-state index is 0.590. The lowest BCUT2D eigenvalue weighted by Crippen LogP contribution is -2.36. The number of rotatable bonds is 2. The smallest absolute Gasteiger partial charge is 0.0965 e. The second-order valence-electron chi connectivity index (χ2n) is 6.55. The summed E-state index contributed by atoms with van der Waals surface area (Å²) in [5.41, 5.74) is 1.50. The van der Waals surface area contributed by atoms with Crippen LogP contribution < -0.4 is 5.32 Å². The van der Waals surface area contributed by atoms with Crippen LogP contribution in [0.4, 0.5) is 0 Å². The average molecular weight is 284 g/mol. The van der Waals surface area contributed by atoms with Gasteiger partial charge in [-0.25, -0.2) is 0 Å². The maximum atomic E-state index is 4.84. The summed E-state index contributed by atoms with van der Waals surface area (Å²) in [7, 11) is 0. The van der Waals surface area contributed by atoms with Crippen molar-refractivity contribution in [3.8, 4) is 0 Å². The predicted molar refractivity (Wildman–Crippen MR) is 90.0 cm³/mol. The van der Waals surface area contributed by atoms with Crippen molar-refractivity contribution in [3.63, 3.8) is 0 Å². The molecule has 0 radical (unpaired) electrons. The van der Waals surface area contributed by atoms with Gasteiger partial charge in [-0.3, -0.25) is 4.99 Å². The molecule has 1 saturated carbocycles. The largest absolute Gasteiger partial charge is 0.370 e. The summed E-state index contributed by atoms with van der Waals surface area (Å²) in [5.74, 6) is 1.95. The summed E-state index contributed by atoms with van der Waals surface area (Å²) < 4.78 is 0. The third-order valence-electron chi connectivity index (χ3n) is 4.97. The minimum Gasteiger partial charge on any atom is -0.370 e. The molecular weight excluding hydrogens is 256 g/mol. The van der Waals surface area contributed by atoms with Gasteiger partial charge < -0.3 is 5.32 Å². The van der Waals surface area contributed by atoms with Crippen molar-refractivity contribution in [1.29, 1.82) is 0 Å². The lowest BCUT2D eigenvalue weighted by Gasteiger charge is -2.23. The fraction of sp³-hybridized carbons (Fsp3) is 0.632. The first-order valence-electron chi connectivity index (χ1n) is 8.78. The van der Waals surface area contributed by atoms with Crippen LogP contribution in [-0.4, -0.2) is 18.4 Å². The van der Waals surface area contributed by atoms with Gasteiger partial charge in [0.2, 0.25) is 0 Å². The third kappa shape index (κ3) is 4.09. The van der Waals surface area contributed by atoms with E-state index in [1.807, 2.05) is 0 Å². The third-order valence-corrected chi connectivity index (χ3v) is 4.97. The summed E-state index contributed by atoms with van der Waals surface area (Å²) in [6, 6.07) is 11.6. The van der Waals surface area contributed by atoms with Crippen molar-refractivity contribution in [2.24, 2.45) is 4.99 Å². The first kappa shape index (κ1) is 14.6. The molecule has 21 heavy (non-hydrogen) atoms. The van der Waals surface area contributed by atoms with E-state index >= 15 is 0 Å². The van der Waals surface area contributed by atoms with Crippen molar-refractivity contribution < 1.29 is 0 Å². The Balaban J connectivity index is 1.65. The molecular formula is C19H28N2. The van der Waals surface area contributed by atoms with Crippen LogP contribution in [0.3, 0.4) is 0 Å². The molecule has 1 aromatic rings. The predicted octanol–water partition coefficient (Wildman–Crippen LogP) is 4.67. The number of nitrogens with one attached hydrogen (secondary N) is 1. The molecule has 2 aliphatic rings. The molecule has 1 aromatic carbocycles. The molecule has 0 bridgehead atoms. The molecule has 1 heterocycles. The molecule has 3 rings (SSSR count). The van der Waals surface area contributed by atoms with Gasteiger partial charge in [0, 0.05) is 24.9 Å². The molecule has 0 amide bonds. The summed E-state index contributed by atoms with van der Waals surface area (Å²) in [4.78, 5) is 4.84. The fourth-order valence-corrected chi connectivity index (χ4v) is 3.79. The molecule has 114 valence electrons. The molecule has 1 fully saturated rings. The second kappa shape index (κ2) is 7.63. The standard InChI is InChI=1S/C19H28N2/c1-2-7-14-19(20-15-8-3-1)21-18-13-9-12-17(18)16-10-5-4-6-11-16/h4-6,10-11,17-18H,1-3,7-9,12-15H2,(H,20,21). The SMILES string of the molecule is c1ccc(C2CCCC2NC2=NCCCCCCC2)cc1. The number of nitrogens with zero attached hydrogens (tertiary/aromatic N) is 1. The lowest BCUT2D eigenvalue weighted by molar-refractivity contribution is 0.551. The van der Waals surface area contributed by atoms with E-state index in [0.29, 0.717) is 12.0 Å². The van der Waals surface area contributed by atoms with E-state index in [1.165, 1.54) is 62.8 Å². The Bertz CT molecular complexity index is 452. The summed E-state index contributed by atoms with van der Waals surface area (Å²) in [5, 5.41) is 3.81. The van der Waals surface area contributed by atoms with E-state index in [2.05, 4.69) is 35.6 Å². The van der Waals surface area contributed by atoms with Crippen molar-refractivity contribution in [2.45, 2.75) is 69.7 Å². The maximum absolute atomic E-state index is 4.84. The Morgan fingerprint density at radius 3 is 2.57 bits per heavy atom. The van der Waals surface area contributed by atoms with Gasteiger partial charge >= 0.3 is 0 Å². The molecule has 0 saturated heterocycles. The van der Waals surface area contributed by atoms with Gasteiger partial charge in [0.05, 0.1) is 5.84 Å². The van der Waals surface area contributed by atoms with E-state index in [-0.39, 0.29) is 0 Å². The van der Waals surface area contributed by atoms with Gasteiger partial charge in [-0.2, -0.15) is 0 Å². The normalized spacial score (nSPS) is 27.3. The van der Waals surface area contributed by atoms with Crippen LogP contribution >= 0.6 is 0 Å². The molecule has 2 unspecified atom stereocenters. The molecule has 1 N–H and O–H groups in total. The molecule has 2 heteroatoms. The molecule has 1 aliphatic heterocycles. The van der Waals surface area contributed by atoms with Gasteiger partial charge in [-0.15, -0.1) is 0 Å². The van der Waals surface area contributed by atoms with Gasteiger partial charge in [-0.1, -0.05) is 56.0 Å². The fourth-order valence-electron chi connectivity index (χ4n) is 3.79. The highest BCUT2D eigenvalue weighted by Gasteiger charge is 2.28. The van der Waals surface area contributed by atoms with Crippen LogP contribution in [0.25, 0.3) is 0 Å². The van der Waals surface area contributed by atoms with Crippen LogP contribution in [-0.2, 0) is 0 Å². The number of aliphatic imine (C=N–C) groups is 1. The molecule has 1 aliphatic carbocycles. The number of benzene rings is 1. The van der Waals surface area contributed by atoms with E-state index in [9.17, 15) is 0 Å². The molecule has 2 nitrogen and oxygen atoms in total. The second-order valence-corrected chi connectivity index (χ2v) is 6.55. The first-order chi connectivity index (χ1) is 10.4. The number of hydrogen-bond donors (Lipinski definition) is 1. The quantitative estimate of drug-likeness (QED) is 0.839. The van der Waals surface area contributed by atoms with Crippen LogP contribution in [0.15, 0.2) is 35.3 Å². The molecule has 0 aromatic heterocycles. The Labute approximate surface area is 129 Å². The highest BCUT2D eigenvalue weighted by molar-refractivity contribution is 5.82. The van der Waals surface area contributed by atoms with Crippen molar-refractivity contribution in [1.82, 2.24) is 5.32 Å². The number of amidine groups is 1. The van der Waals surface area contributed by atoms with Crippen molar-refractivity contribution >= 4 is 5.84 Å².